The zero-order valence-electron chi connectivity index (χ0n) is 11.6. The fourth-order valence-corrected chi connectivity index (χ4v) is 3.15. The highest BCUT2D eigenvalue weighted by Crippen LogP contribution is 2.29. The number of aromatic nitrogens is 2. The van der Waals surface area contributed by atoms with E-state index in [4.69, 9.17) is 4.74 Å². The van der Waals surface area contributed by atoms with Gasteiger partial charge in [0.15, 0.2) is 0 Å². The molecule has 1 amide bonds. The van der Waals surface area contributed by atoms with E-state index in [0.717, 1.165) is 32.4 Å². The van der Waals surface area contributed by atoms with Gasteiger partial charge in [0, 0.05) is 31.5 Å². The first kappa shape index (κ1) is 13.6. The van der Waals surface area contributed by atoms with Gasteiger partial charge >= 0.3 is 0 Å². The van der Waals surface area contributed by atoms with Crippen LogP contribution in [0.5, 0.6) is 0 Å². The van der Waals surface area contributed by atoms with Crippen molar-refractivity contribution in [2.75, 3.05) is 19.7 Å². The highest BCUT2D eigenvalue weighted by atomic mass is 16.5. The average Bonchev–Trinajstić information content (AvgIpc) is 3.10. The summed E-state index contributed by atoms with van der Waals surface area (Å²) in [4.78, 5) is 16.2. The first-order chi connectivity index (χ1) is 9.83. The number of morpholine rings is 1. The van der Waals surface area contributed by atoms with Gasteiger partial charge in [-0.1, -0.05) is 0 Å². The maximum Gasteiger partial charge on any atom is 0.222 e. The van der Waals surface area contributed by atoms with Crippen molar-refractivity contribution in [2.24, 2.45) is 0 Å². The number of nitrogens with zero attached hydrogens (tertiary/aromatic N) is 2. The monoisotopic (exact) mass is 278 g/mol. The molecule has 1 aromatic heterocycles. The molecule has 0 radical (unpaired) electrons. The normalized spacial score (nSPS) is 30.3. The van der Waals surface area contributed by atoms with Crippen molar-refractivity contribution in [1.29, 1.82) is 0 Å². The molecule has 0 aromatic carbocycles. The third-order valence-corrected chi connectivity index (χ3v) is 4.15. The second-order valence-corrected chi connectivity index (χ2v) is 5.58. The summed E-state index contributed by atoms with van der Waals surface area (Å²) in [6.45, 7) is 2.34. The van der Waals surface area contributed by atoms with Crippen LogP contribution in [-0.2, 0) is 9.53 Å². The lowest BCUT2D eigenvalue weighted by molar-refractivity contribution is -0.125. The molecule has 6 heteroatoms. The summed E-state index contributed by atoms with van der Waals surface area (Å²) in [6, 6.07) is 0.556. The van der Waals surface area contributed by atoms with Gasteiger partial charge in [-0.2, -0.15) is 0 Å². The average molecular weight is 278 g/mol. The first-order valence-electron chi connectivity index (χ1n) is 7.42. The number of carbonyl (C=O) groups excluding carboxylic acids is 1. The van der Waals surface area contributed by atoms with Crippen molar-refractivity contribution in [1.82, 2.24) is 20.2 Å². The lowest BCUT2D eigenvalue weighted by Gasteiger charge is -2.26. The molecule has 0 spiro atoms. The topological polar surface area (TPSA) is 68.2 Å². The molecule has 20 heavy (non-hydrogen) atoms. The standard InChI is InChI=1S/C14H22N4O2/c19-14(8-11-9-15-5-7-20-11)17-12-2-1-3-13(12)18-6-4-16-10-18/h4,6,10-13,15H,1-3,5,7-9H2,(H,17,19). The minimum absolute atomic E-state index is 0.0110. The van der Waals surface area contributed by atoms with Gasteiger partial charge in [-0.25, -0.2) is 4.98 Å². The van der Waals surface area contributed by atoms with E-state index in [1.54, 1.807) is 6.20 Å². The van der Waals surface area contributed by atoms with Gasteiger partial charge in [0.25, 0.3) is 0 Å². The largest absolute Gasteiger partial charge is 0.375 e. The van der Waals surface area contributed by atoms with Crippen LogP contribution in [0.15, 0.2) is 18.7 Å². The lowest BCUT2D eigenvalue weighted by Crippen LogP contribution is -2.44. The number of ether oxygens (including phenoxy) is 1. The maximum absolute atomic E-state index is 12.1. The van der Waals surface area contributed by atoms with Crippen molar-refractivity contribution >= 4 is 5.91 Å². The SMILES string of the molecule is O=C(CC1CNCCO1)NC1CCCC1n1ccnc1. The minimum Gasteiger partial charge on any atom is -0.375 e. The summed E-state index contributed by atoms with van der Waals surface area (Å²) in [5.41, 5.74) is 0. The quantitative estimate of drug-likeness (QED) is 0.840. The summed E-state index contributed by atoms with van der Waals surface area (Å²) in [7, 11) is 0. The zero-order valence-corrected chi connectivity index (χ0v) is 11.6. The molecule has 1 saturated heterocycles. The molecule has 3 rings (SSSR count). The van der Waals surface area contributed by atoms with E-state index in [2.05, 4.69) is 20.2 Å². The van der Waals surface area contributed by atoms with Crippen LogP contribution < -0.4 is 10.6 Å². The van der Waals surface area contributed by atoms with E-state index in [0.29, 0.717) is 19.1 Å². The third-order valence-electron chi connectivity index (χ3n) is 4.15. The second-order valence-electron chi connectivity index (χ2n) is 5.58. The van der Waals surface area contributed by atoms with Crippen molar-refractivity contribution < 1.29 is 9.53 Å². The van der Waals surface area contributed by atoms with Gasteiger partial charge in [0.05, 0.1) is 31.5 Å². The summed E-state index contributed by atoms with van der Waals surface area (Å²) >= 11 is 0. The smallest absolute Gasteiger partial charge is 0.222 e. The second kappa shape index (κ2) is 6.37. The van der Waals surface area contributed by atoms with Crippen LogP contribution in [-0.4, -0.2) is 47.3 Å². The van der Waals surface area contributed by atoms with E-state index < -0.39 is 0 Å². The van der Waals surface area contributed by atoms with Crippen LogP contribution in [0.2, 0.25) is 0 Å². The fourth-order valence-electron chi connectivity index (χ4n) is 3.15. The molecule has 3 unspecified atom stereocenters. The summed E-state index contributed by atoms with van der Waals surface area (Å²) in [5, 5.41) is 6.42. The number of rotatable bonds is 4. The van der Waals surface area contributed by atoms with Gasteiger partial charge < -0.3 is 19.9 Å². The van der Waals surface area contributed by atoms with Gasteiger partial charge in [0.2, 0.25) is 5.91 Å². The molecular formula is C14H22N4O2. The van der Waals surface area contributed by atoms with Gasteiger partial charge in [-0.15, -0.1) is 0 Å². The molecule has 1 saturated carbocycles. The summed E-state index contributed by atoms with van der Waals surface area (Å²) in [6.07, 6.45) is 9.35. The van der Waals surface area contributed by atoms with Crippen LogP contribution in [0.1, 0.15) is 31.7 Å². The van der Waals surface area contributed by atoms with Crippen molar-refractivity contribution in [3.63, 3.8) is 0 Å². The third kappa shape index (κ3) is 3.19. The lowest BCUT2D eigenvalue weighted by atomic mass is 10.1. The zero-order chi connectivity index (χ0) is 13.8. The van der Waals surface area contributed by atoms with Crippen molar-refractivity contribution in [3.8, 4) is 0 Å². The van der Waals surface area contributed by atoms with Crippen LogP contribution in [0.3, 0.4) is 0 Å². The van der Waals surface area contributed by atoms with E-state index in [1.165, 1.54) is 0 Å². The van der Waals surface area contributed by atoms with Gasteiger partial charge in [-0.05, 0) is 19.3 Å². The predicted octanol–water partition coefficient (Wildman–Crippen LogP) is 0.471. The Labute approximate surface area is 118 Å². The Morgan fingerprint density at radius 3 is 3.20 bits per heavy atom. The highest BCUT2D eigenvalue weighted by molar-refractivity contribution is 5.76. The van der Waals surface area contributed by atoms with Crippen LogP contribution in [0, 0.1) is 0 Å². The Balaban J connectivity index is 1.52. The van der Waals surface area contributed by atoms with E-state index >= 15 is 0 Å². The number of hydrogen-bond acceptors (Lipinski definition) is 4. The molecule has 2 N–H and O–H groups in total. The van der Waals surface area contributed by atoms with Crippen LogP contribution >= 0.6 is 0 Å². The van der Waals surface area contributed by atoms with Crippen molar-refractivity contribution in [2.45, 2.75) is 43.9 Å². The molecule has 2 aliphatic rings. The molecule has 0 bridgehead atoms. The summed E-state index contributed by atoms with van der Waals surface area (Å²) < 4.78 is 7.68. The van der Waals surface area contributed by atoms with E-state index in [1.807, 2.05) is 12.5 Å². The Morgan fingerprint density at radius 2 is 2.45 bits per heavy atom. The predicted molar refractivity (Wildman–Crippen MR) is 74.3 cm³/mol. The van der Waals surface area contributed by atoms with Crippen LogP contribution in [0.4, 0.5) is 0 Å². The molecule has 1 aliphatic heterocycles. The Hall–Kier alpha value is -1.40. The molecule has 6 nitrogen and oxygen atoms in total. The maximum atomic E-state index is 12.1. The number of amides is 1. The van der Waals surface area contributed by atoms with Gasteiger partial charge in [0.1, 0.15) is 0 Å². The number of hydrogen-bond donors (Lipinski definition) is 2. The molecular weight excluding hydrogens is 256 g/mol. The fraction of sp³-hybridized carbons (Fsp3) is 0.714. The highest BCUT2D eigenvalue weighted by Gasteiger charge is 2.30. The Bertz CT molecular complexity index is 428. The number of carbonyl (C=O) groups is 1. The summed E-state index contributed by atoms with van der Waals surface area (Å²) in [5.74, 6) is 0.0933. The molecule has 110 valence electrons. The number of imidazole rings is 1. The van der Waals surface area contributed by atoms with Gasteiger partial charge in [-0.3, -0.25) is 4.79 Å². The molecule has 1 aliphatic carbocycles. The molecule has 1 aromatic rings. The van der Waals surface area contributed by atoms with Crippen LogP contribution in [0.25, 0.3) is 0 Å². The molecule has 2 fully saturated rings. The molecule has 3 atom stereocenters. The first-order valence-corrected chi connectivity index (χ1v) is 7.42. The Morgan fingerprint density at radius 1 is 1.50 bits per heavy atom. The van der Waals surface area contributed by atoms with E-state index in [-0.39, 0.29) is 18.1 Å². The molecule has 2 heterocycles. The Kier molecular flexibility index (Phi) is 4.32. The number of nitrogens with one attached hydrogen (secondary N) is 2. The van der Waals surface area contributed by atoms with Crippen molar-refractivity contribution in [3.05, 3.63) is 18.7 Å². The van der Waals surface area contributed by atoms with E-state index in [9.17, 15) is 4.79 Å². The minimum atomic E-state index is 0.0110.